The van der Waals surface area contributed by atoms with Crippen LogP contribution in [0.25, 0.3) is 0 Å². The molecule has 0 amide bonds. The van der Waals surface area contributed by atoms with Gasteiger partial charge in [0.15, 0.2) is 0 Å². The van der Waals surface area contributed by atoms with Crippen molar-refractivity contribution in [3.8, 4) is 0 Å². The quantitative estimate of drug-likeness (QED) is 0.744. The van der Waals surface area contributed by atoms with Crippen LogP contribution >= 0.6 is 31.9 Å². The fourth-order valence-electron chi connectivity index (χ4n) is 2.24. The molecular weight excluding hydrogens is 344 g/mol. The van der Waals surface area contributed by atoms with Crippen LogP contribution in [0.5, 0.6) is 0 Å². The first-order chi connectivity index (χ1) is 8.11. The summed E-state index contributed by atoms with van der Waals surface area (Å²) >= 11 is 7.11. The fourth-order valence-corrected chi connectivity index (χ4v) is 3.09. The molecule has 1 heterocycles. The van der Waals surface area contributed by atoms with Gasteiger partial charge < -0.3 is 9.80 Å². The molecule has 0 saturated carbocycles. The van der Waals surface area contributed by atoms with Gasteiger partial charge in [-0.05, 0) is 37.7 Å². The van der Waals surface area contributed by atoms with E-state index in [9.17, 15) is 0 Å². The van der Waals surface area contributed by atoms with Gasteiger partial charge in [-0.3, -0.25) is 0 Å². The van der Waals surface area contributed by atoms with Gasteiger partial charge in [0, 0.05) is 41.2 Å². The first-order valence-electron chi connectivity index (χ1n) is 5.91. The Morgan fingerprint density at radius 1 is 1.35 bits per heavy atom. The van der Waals surface area contributed by atoms with Crippen molar-refractivity contribution in [3.05, 3.63) is 28.2 Å². The molecule has 1 saturated heterocycles. The molecule has 94 valence electrons. The molecule has 1 aliphatic heterocycles. The molecule has 1 aromatic rings. The predicted octanol–water partition coefficient (Wildman–Crippen LogP) is 3.48. The number of piperazine rings is 1. The zero-order valence-corrected chi connectivity index (χ0v) is 13.5. The Hall–Kier alpha value is -0.0600. The van der Waals surface area contributed by atoms with Crippen LogP contribution in [-0.4, -0.2) is 37.6 Å². The monoisotopic (exact) mass is 360 g/mol. The number of hydrogen-bond acceptors (Lipinski definition) is 2. The number of anilines is 1. The normalized spacial score (nSPS) is 21.9. The zero-order chi connectivity index (χ0) is 12.4. The smallest absolute Gasteiger partial charge is 0.0409 e. The van der Waals surface area contributed by atoms with E-state index in [-0.39, 0.29) is 0 Å². The number of rotatable bonds is 2. The molecule has 0 radical (unpaired) electrons. The van der Waals surface area contributed by atoms with Gasteiger partial charge >= 0.3 is 0 Å². The lowest BCUT2D eigenvalue weighted by Gasteiger charge is -2.39. The summed E-state index contributed by atoms with van der Waals surface area (Å²) in [6.07, 6.45) is 0. The van der Waals surface area contributed by atoms with E-state index in [0.29, 0.717) is 6.04 Å². The van der Waals surface area contributed by atoms with Crippen LogP contribution < -0.4 is 4.90 Å². The van der Waals surface area contributed by atoms with Crippen LogP contribution in [0.3, 0.4) is 0 Å². The van der Waals surface area contributed by atoms with Crippen LogP contribution in [0, 0.1) is 0 Å². The Morgan fingerprint density at radius 2 is 2.12 bits per heavy atom. The molecule has 1 atom stereocenters. The average Bonchev–Trinajstić information content (AvgIpc) is 2.32. The molecule has 0 aliphatic carbocycles. The third-order valence-corrected chi connectivity index (χ3v) is 4.58. The van der Waals surface area contributed by atoms with Crippen LogP contribution in [0.1, 0.15) is 12.5 Å². The molecule has 17 heavy (non-hydrogen) atoms. The Labute approximate surface area is 120 Å². The van der Waals surface area contributed by atoms with E-state index in [1.54, 1.807) is 0 Å². The largest absolute Gasteiger partial charge is 0.368 e. The van der Waals surface area contributed by atoms with Crippen molar-refractivity contribution >= 4 is 37.5 Å². The van der Waals surface area contributed by atoms with Gasteiger partial charge in [0.05, 0.1) is 0 Å². The molecule has 0 bridgehead atoms. The third-order valence-electron chi connectivity index (χ3n) is 3.49. The summed E-state index contributed by atoms with van der Waals surface area (Å²) in [5.41, 5.74) is 2.72. The summed E-state index contributed by atoms with van der Waals surface area (Å²) in [5.74, 6) is 0. The molecular formula is C13H18Br2N2. The van der Waals surface area contributed by atoms with Crippen molar-refractivity contribution in [3.63, 3.8) is 0 Å². The minimum atomic E-state index is 0.621. The second-order valence-corrected chi connectivity index (χ2v) is 6.16. The lowest BCUT2D eigenvalue weighted by Crippen LogP contribution is -2.50. The number of likely N-dealkylation sites (N-methyl/N-ethyl adjacent to an activating group) is 1. The van der Waals surface area contributed by atoms with E-state index < -0.39 is 0 Å². The molecule has 1 aromatic carbocycles. The van der Waals surface area contributed by atoms with Crippen molar-refractivity contribution in [2.75, 3.05) is 31.6 Å². The van der Waals surface area contributed by atoms with Gasteiger partial charge in [-0.1, -0.05) is 31.9 Å². The molecule has 4 heteroatoms. The second kappa shape index (κ2) is 5.72. The molecule has 2 nitrogen and oxygen atoms in total. The standard InChI is InChI=1S/C13H18Br2N2/c1-10-9-17(6-5-16(10)2)13-4-3-12(15)7-11(13)8-14/h3-4,7,10H,5-6,8-9H2,1-2H3. The Kier molecular flexibility index (Phi) is 4.50. The van der Waals surface area contributed by atoms with Gasteiger partial charge in [-0.15, -0.1) is 0 Å². The number of nitrogens with zero attached hydrogens (tertiary/aromatic N) is 2. The highest BCUT2D eigenvalue weighted by Crippen LogP contribution is 2.28. The Morgan fingerprint density at radius 3 is 2.76 bits per heavy atom. The van der Waals surface area contributed by atoms with Gasteiger partial charge in [0.2, 0.25) is 0 Å². The van der Waals surface area contributed by atoms with E-state index >= 15 is 0 Å². The number of halogens is 2. The molecule has 0 spiro atoms. The summed E-state index contributed by atoms with van der Waals surface area (Å²) in [6, 6.07) is 7.17. The zero-order valence-electron chi connectivity index (χ0n) is 10.3. The summed E-state index contributed by atoms with van der Waals surface area (Å²) in [7, 11) is 2.20. The van der Waals surface area contributed by atoms with Crippen molar-refractivity contribution in [2.24, 2.45) is 0 Å². The average molecular weight is 362 g/mol. The molecule has 1 aliphatic rings. The summed E-state index contributed by atoms with van der Waals surface area (Å²) in [6.45, 7) is 5.65. The Balaban J connectivity index is 2.22. The molecule has 0 N–H and O–H groups in total. The second-order valence-electron chi connectivity index (χ2n) is 4.68. The molecule has 2 rings (SSSR count). The highest BCUT2D eigenvalue weighted by molar-refractivity contribution is 9.10. The summed E-state index contributed by atoms with van der Waals surface area (Å²) < 4.78 is 1.15. The van der Waals surface area contributed by atoms with Gasteiger partial charge in [0.25, 0.3) is 0 Å². The number of alkyl halides is 1. The van der Waals surface area contributed by atoms with Gasteiger partial charge in [-0.2, -0.15) is 0 Å². The molecule has 1 fully saturated rings. The molecule has 0 aromatic heterocycles. The van der Waals surface area contributed by atoms with Gasteiger partial charge in [-0.25, -0.2) is 0 Å². The maximum Gasteiger partial charge on any atom is 0.0409 e. The van der Waals surface area contributed by atoms with Crippen LogP contribution in [-0.2, 0) is 5.33 Å². The highest BCUT2D eigenvalue weighted by atomic mass is 79.9. The van der Waals surface area contributed by atoms with Crippen LogP contribution in [0.4, 0.5) is 5.69 Å². The van der Waals surface area contributed by atoms with Gasteiger partial charge in [0.1, 0.15) is 0 Å². The van der Waals surface area contributed by atoms with Crippen molar-refractivity contribution in [2.45, 2.75) is 18.3 Å². The lowest BCUT2D eigenvalue weighted by molar-refractivity contribution is 0.234. The third kappa shape index (κ3) is 3.04. The van der Waals surface area contributed by atoms with Crippen molar-refractivity contribution in [1.29, 1.82) is 0 Å². The van der Waals surface area contributed by atoms with E-state index in [4.69, 9.17) is 0 Å². The molecule has 1 unspecified atom stereocenters. The first-order valence-corrected chi connectivity index (χ1v) is 7.83. The first kappa shape index (κ1) is 13.4. The Bertz CT molecular complexity index is 395. The topological polar surface area (TPSA) is 6.48 Å². The maximum absolute atomic E-state index is 3.58. The van der Waals surface area contributed by atoms with Crippen LogP contribution in [0.15, 0.2) is 22.7 Å². The number of hydrogen-bond donors (Lipinski definition) is 0. The summed E-state index contributed by atoms with van der Waals surface area (Å²) in [5, 5.41) is 0.905. The summed E-state index contributed by atoms with van der Waals surface area (Å²) in [4.78, 5) is 4.91. The van der Waals surface area contributed by atoms with E-state index in [1.165, 1.54) is 11.3 Å². The lowest BCUT2D eigenvalue weighted by atomic mass is 10.1. The SMILES string of the molecule is CC1CN(c2ccc(Br)cc2CBr)CCN1C. The minimum Gasteiger partial charge on any atom is -0.368 e. The van der Waals surface area contributed by atoms with Crippen LogP contribution in [0.2, 0.25) is 0 Å². The minimum absolute atomic E-state index is 0.621. The van der Waals surface area contributed by atoms with Crippen molar-refractivity contribution in [1.82, 2.24) is 4.90 Å². The highest BCUT2D eigenvalue weighted by Gasteiger charge is 2.22. The maximum atomic E-state index is 3.58. The van der Waals surface area contributed by atoms with E-state index in [1.807, 2.05) is 0 Å². The fraction of sp³-hybridized carbons (Fsp3) is 0.538. The van der Waals surface area contributed by atoms with Crippen molar-refractivity contribution < 1.29 is 0 Å². The van der Waals surface area contributed by atoms with E-state index in [2.05, 4.69) is 73.8 Å². The number of benzene rings is 1. The van der Waals surface area contributed by atoms with E-state index in [0.717, 1.165) is 29.4 Å². The predicted molar refractivity (Wildman–Crippen MR) is 81.1 cm³/mol.